The van der Waals surface area contributed by atoms with Crippen LogP contribution in [0, 0.1) is 0 Å². The molecule has 3 aromatic rings. The number of sulfone groups is 1. The van der Waals surface area contributed by atoms with Gasteiger partial charge in [0, 0.05) is 25.2 Å². The molecule has 7 nitrogen and oxygen atoms in total. The molecule has 1 aliphatic heterocycles. The van der Waals surface area contributed by atoms with Gasteiger partial charge in [-0.2, -0.15) is 0 Å². The van der Waals surface area contributed by atoms with Gasteiger partial charge in [-0.1, -0.05) is 17.4 Å². The first-order valence-electron chi connectivity index (χ1n) is 10.9. The van der Waals surface area contributed by atoms with Crippen molar-refractivity contribution < 1.29 is 17.9 Å². The Bertz CT molecular complexity index is 1260. The smallest absolute Gasteiger partial charge is 0.225 e. The van der Waals surface area contributed by atoms with Crippen LogP contribution < -0.4 is 10.2 Å². The summed E-state index contributed by atoms with van der Waals surface area (Å²) in [5, 5.41) is 3.78. The number of carbonyl (C=O) groups is 1. The number of hydrogen-bond donors (Lipinski definition) is 1. The predicted molar refractivity (Wildman–Crippen MR) is 126 cm³/mol. The quantitative estimate of drug-likeness (QED) is 0.593. The Labute approximate surface area is 191 Å². The van der Waals surface area contributed by atoms with Crippen LogP contribution in [0.4, 0.5) is 10.8 Å². The third-order valence-corrected chi connectivity index (χ3v) is 8.76. The van der Waals surface area contributed by atoms with Gasteiger partial charge in [-0.25, -0.2) is 13.4 Å². The van der Waals surface area contributed by atoms with Gasteiger partial charge in [0.05, 0.1) is 34.1 Å². The van der Waals surface area contributed by atoms with Gasteiger partial charge in [0.15, 0.2) is 15.0 Å². The Morgan fingerprint density at radius 2 is 1.91 bits per heavy atom. The first-order chi connectivity index (χ1) is 15.5. The molecule has 0 unspecified atom stereocenters. The van der Waals surface area contributed by atoms with Crippen LogP contribution in [0.3, 0.4) is 0 Å². The fourth-order valence-corrected chi connectivity index (χ4v) is 6.53. The van der Waals surface area contributed by atoms with Gasteiger partial charge in [-0.3, -0.25) is 4.79 Å². The highest BCUT2D eigenvalue weighted by molar-refractivity contribution is 7.91. The van der Waals surface area contributed by atoms with Crippen LogP contribution in [0.5, 0.6) is 0 Å². The fourth-order valence-electron chi connectivity index (χ4n) is 4.19. The number of hydrogen-bond acceptors (Lipinski definition) is 7. The number of aryl methyl sites for hydroxylation is 2. The number of rotatable bonds is 6. The van der Waals surface area contributed by atoms with Crippen LogP contribution >= 0.6 is 11.3 Å². The van der Waals surface area contributed by atoms with E-state index in [0.717, 1.165) is 53.3 Å². The molecule has 1 saturated heterocycles. The minimum Gasteiger partial charge on any atom is -0.378 e. The highest BCUT2D eigenvalue weighted by Gasteiger charge is 2.20. The van der Waals surface area contributed by atoms with Crippen molar-refractivity contribution in [1.82, 2.24) is 4.98 Å². The first-order valence-corrected chi connectivity index (χ1v) is 13.3. The lowest BCUT2D eigenvalue weighted by Crippen LogP contribution is -2.36. The highest BCUT2D eigenvalue weighted by Crippen LogP contribution is 2.31. The van der Waals surface area contributed by atoms with Crippen LogP contribution in [0.1, 0.15) is 24.0 Å². The van der Waals surface area contributed by atoms with Crippen molar-refractivity contribution in [3.8, 4) is 0 Å². The summed E-state index contributed by atoms with van der Waals surface area (Å²) in [6, 6.07) is 10.9. The molecule has 1 aliphatic carbocycles. The zero-order valence-electron chi connectivity index (χ0n) is 17.7. The standard InChI is InChI=1S/C23H25N3O4S2/c27-22(8-13-32(28,29)19-6-4-16-2-1-3-17(16)14-19)24-18-5-7-20-21(15-18)31-23(25-20)26-9-11-30-12-10-26/h4-7,14-15H,1-3,8-13H2,(H,24,27). The summed E-state index contributed by atoms with van der Waals surface area (Å²) >= 11 is 1.58. The van der Waals surface area contributed by atoms with E-state index in [4.69, 9.17) is 4.74 Å². The van der Waals surface area contributed by atoms with E-state index < -0.39 is 9.84 Å². The molecule has 0 saturated carbocycles. The Morgan fingerprint density at radius 1 is 1.09 bits per heavy atom. The monoisotopic (exact) mass is 471 g/mol. The molecule has 9 heteroatoms. The largest absolute Gasteiger partial charge is 0.378 e. The molecule has 1 aromatic heterocycles. The van der Waals surface area contributed by atoms with E-state index in [1.165, 1.54) is 5.56 Å². The lowest BCUT2D eigenvalue weighted by molar-refractivity contribution is -0.115. The van der Waals surface area contributed by atoms with Gasteiger partial charge in [0.25, 0.3) is 0 Å². The molecule has 168 valence electrons. The molecule has 0 radical (unpaired) electrons. The van der Waals surface area contributed by atoms with Crippen molar-refractivity contribution in [2.45, 2.75) is 30.6 Å². The van der Waals surface area contributed by atoms with Crippen molar-refractivity contribution in [1.29, 1.82) is 0 Å². The van der Waals surface area contributed by atoms with Crippen LogP contribution in [-0.2, 0) is 32.2 Å². The number of benzene rings is 2. The molecule has 1 fully saturated rings. The predicted octanol–water partition coefficient (Wildman–Crippen LogP) is 3.42. The number of ether oxygens (including phenoxy) is 1. The van der Waals surface area contributed by atoms with Gasteiger partial charge in [-0.15, -0.1) is 0 Å². The summed E-state index contributed by atoms with van der Waals surface area (Å²) in [6.45, 7) is 3.04. The molecule has 32 heavy (non-hydrogen) atoms. The minimum atomic E-state index is -3.50. The Balaban J connectivity index is 1.22. The van der Waals surface area contributed by atoms with E-state index >= 15 is 0 Å². The molecule has 0 atom stereocenters. The summed E-state index contributed by atoms with van der Waals surface area (Å²) in [5.41, 5.74) is 3.88. The maximum absolute atomic E-state index is 12.7. The molecule has 1 amide bonds. The topological polar surface area (TPSA) is 88.6 Å². The third-order valence-electron chi connectivity index (χ3n) is 5.97. The van der Waals surface area contributed by atoms with Crippen molar-refractivity contribution in [2.75, 3.05) is 42.3 Å². The van der Waals surface area contributed by atoms with Crippen molar-refractivity contribution in [3.05, 3.63) is 47.5 Å². The van der Waals surface area contributed by atoms with E-state index in [-0.39, 0.29) is 18.1 Å². The maximum atomic E-state index is 12.7. The van der Waals surface area contributed by atoms with Gasteiger partial charge in [0.2, 0.25) is 5.91 Å². The Kier molecular flexibility index (Phi) is 5.88. The Hall–Kier alpha value is -2.49. The van der Waals surface area contributed by atoms with E-state index in [1.54, 1.807) is 29.5 Å². The van der Waals surface area contributed by atoms with Gasteiger partial charge in [0.1, 0.15) is 0 Å². The van der Waals surface area contributed by atoms with Crippen molar-refractivity contribution in [2.24, 2.45) is 0 Å². The number of anilines is 2. The van der Waals surface area contributed by atoms with Gasteiger partial charge >= 0.3 is 0 Å². The SMILES string of the molecule is O=C(CCS(=O)(=O)c1ccc2c(c1)CCC2)Nc1ccc2nc(N3CCOCC3)sc2c1. The summed E-state index contributed by atoms with van der Waals surface area (Å²) in [4.78, 5) is 19.7. The second kappa shape index (κ2) is 8.80. The average molecular weight is 472 g/mol. The van der Waals surface area contributed by atoms with Gasteiger partial charge in [-0.05, 0) is 60.7 Å². The number of morpholine rings is 1. The third kappa shape index (κ3) is 4.51. The molecule has 2 aromatic carbocycles. The van der Waals surface area contributed by atoms with E-state index in [2.05, 4.69) is 15.2 Å². The van der Waals surface area contributed by atoms with Crippen LogP contribution in [-0.4, -0.2) is 51.4 Å². The molecular weight excluding hydrogens is 446 g/mol. The molecule has 1 N–H and O–H groups in total. The second-order valence-electron chi connectivity index (χ2n) is 8.18. The van der Waals surface area contributed by atoms with E-state index in [1.807, 2.05) is 18.2 Å². The highest BCUT2D eigenvalue weighted by atomic mass is 32.2. The lowest BCUT2D eigenvalue weighted by Gasteiger charge is -2.25. The number of carbonyl (C=O) groups excluding carboxylic acids is 1. The normalized spacial score (nSPS) is 16.3. The summed E-state index contributed by atoms with van der Waals surface area (Å²) < 4.78 is 31.8. The zero-order chi connectivity index (χ0) is 22.1. The number of nitrogens with one attached hydrogen (secondary N) is 1. The molecule has 2 heterocycles. The van der Waals surface area contributed by atoms with E-state index in [9.17, 15) is 13.2 Å². The van der Waals surface area contributed by atoms with Gasteiger partial charge < -0.3 is 15.0 Å². The van der Waals surface area contributed by atoms with Crippen molar-refractivity contribution in [3.63, 3.8) is 0 Å². The van der Waals surface area contributed by atoms with E-state index in [0.29, 0.717) is 23.8 Å². The Morgan fingerprint density at radius 3 is 2.75 bits per heavy atom. The number of thiazole rings is 1. The van der Waals surface area contributed by atoms with Crippen LogP contribution in [0.25, 0.3) is 10.2 Å². The maximum Gasteiger partial charge on any atom is 0.225 e. The molecule has 5 rings (SSSR count). The first kappa shape index (κ1) is 21.4. The van der Waals surface area contributed by atoms with Crippen molar-refractivity contribution >= 4 is 48.1 Å². The molecule has 0 spiro atoms. The number of aromatic nitrogens is 1. The summed E-state index contributed by atoms with van der Waals surface area (Å²) in [7, 11) is -3.50. The summed E-state index contributed by atoms with van der Waals surface area (Å²) in [6.07, 6.45) is 2.92. The fraction of sp³-hybridized carbons (Fsp3) is 0.391. The molecule has 2 aliphatic rings. The average Bonchev–Trinajstić information content (AvgIpc) is 3.44. The summed E-state index contributed by atoms with van der Waals surface area (Å²) in [5.74, 6) is -0.520. The zero-order valence-corrected chi connectivity index (χ0v) is 19.3. The second-order valence-corrected chi connectivity index (χ2v) is 11.3. The molecular formula is C23H25N3O4S2. The number of nitrogens with zero attached hydrogens (tertiary/aromatic N) is 2. The van der Waals surface area contributed by atoms with Crippen LogP contribution in [0.15, 0.2) is 41.3 Å². The number of fused-ring (bicyclic) bond motifs is 2. The number of amides is 1. The minimum absolute atomic E-state index is 0.0842. The molecule has 0 bridgehead atoms. The lowest BCUT2D eigenvalue weighted by atomic mass is 10.1. The van der Waals surface area contributed by atoms with Crippen LogP contribution in [0.2, 0.25) is 0 Å².